The number of hydrogen-bond acceptors (Lipinski definition) is 1. The summed E-state index contributed by atoms with van der Waals surface area (Å²) in [6.45, 7) is 6.87. The molecule has 52 valence electrons. The number of hydrogen-bond donors (Lipinski definition) is 0. The fourth-order valence-electron chi connectivity index (χ4n) is 1.08. The van der Waals surface area contributed by atoms with Crippen LogP contribution >= 0.6 is 0 Å². The molecule has 1 aliphatic rings. The third kappa shape index (κ3) is 1.74. The number of rotatable bonds is 1. The Bertz CT molecular complexity index is 97.1. The molecule has 0 radical (unpaired) electrons. The molecule has 1 saturated heterocycles. The SMILES string of the molecule is C=C1CC[C@@H](CC)CO1. The Balaban J connectivity index is 2.26. The van der Waals surface area contributed by atoms with Crippen LogP contribution in [0.4, 0.5) is 0 Å². The highest BCUT2D eigenvalue weighted by molar-refractivity contribution is 4.86. The van der Waals surface area contributed by atoms with E-state index in [2.05, 4.69) is 13.5 Å². The third-order valence-corrected chi connectivity index (χ3v) is 1.93. The maximum Gasteiger partial charge on any atom is 0.0905 e. The summed E-state index contributed by atoms with van der Waals surface area (Å²) in [6, 6.07) is 0. The largest absolute Gasteiger partial charge is 0.498 e. The van der Waals surface area contributed by atoms with Crippen LogP contribution in [0.25, 0.3) is 0 Å². The first kappa shape index (κ1) is 6.66. The van der Waals surface area contributed by atoms with Crippen molar-refractivity contribution in [2.45, 2.75) is 26.2 Å². The summed E-state index contributed by atoms with van der Waals surface area (Å²) in [7, 11) is 0. The molecule has 0 aromatic rings. The van der Waals surface area contributed by atoms with E-state index >= 15 is 0 Å². The van der Waals surface area contributed by atoms with Crippen molar-refractivity contribution in [1.82, 2.24) is 0 Å². The lowest BCUT2D eigenvalue weighted by atomic mass is 9.99. The fraction of sp³-hybridized carbons (Fsp3) is 0.750. The van der Waals surface area contributed by atoms with E-state index in [9.17, 15) is 0 Å². The second-order valence-electron chi connectivity index (χ2n) is 2.66. The van der Waals surface area contributed by atoms with Gasteiger partial charge in [0.05, 0.1) is 12.4 Å². The first-order chi connectivity index (χ1) is 4.33. The van der Waals surface area contributed by atoms with Crippen LogP contribution in [0.5, 0.6) is 0 Å². The Morgan fingerprint density at radius 3 is 3.00 bits per heavy atom. The molecule has 1 atom stereocenters. The predicted octanol–water partition coefficient (Wildman–Crippen LogP) is 2.34. The maximum absolute atomic E-state index is 5.29. The number of ether oxygens (including phenoxy) is 1. The summed E-state index contributed by atoms with van der Waals surface area (Å²) >= 11 is 0. The summed E-state index contributed by atoms with van der Waals surface area (Å²) in [5.41, 5.74) is 0. The predicted molar refractivity (Wildman–Crippen MR) is 38.1 cm³/mol. The van der Waals surface area contributed by atoms with Crippen LogP contribution in [-0.4, -0.2) is 6.61 Å². The second kappa shape index (κ2) is 2.90. The Morgan fingerprint density at radius 1 is 1.78 bits per heavy atom. The van der Waals surface area contributed by atoms with E-state index in [4.69, 9.17) is 4.74 Å². The maximum atomic E-state index is 5.29. The highest BCUT2D eigenvalue weighted by Gasteiger charge is 2.13. The van der Waals surface area contributed by atoms with Gasteiger partial charge in [-0.25, -0.2) is 0 Å². The zero-order valence-corrected chi connectivity index (χ0v) is 6.02. The van der Waals surface area contributed by atoms with E-state index in [-0.39, 0.29) is 0 Å². The molecule has 0 aliphatic carbocycles. The van der Waals surface area contributed by atoms with Gasteiger partial charge < -0.3 is 4.74 Å². The van der Waals surface area contributed by atoms with Crippen LogP contribution in [0, 0.1) is 5.92 Å². The zero-order valence-electron chi connectivity index (χ0n) is 6.02. The van der Waals surface area contributed by atoms with Crippen molar-refractivity contribution in [3.8, 4) is 0 Å². The smallest absolute Gasteiger partial charge is 0.0905 e. The van der Waals surface area contributed by atoms with Crippen molar-refractivity contribution >= 4 is 0 Å². The Labute approximate surface area is 56.7 Å². The Kier molecular flexibility index (Phi) is 2.15. The van der Waals surface area contributed by atoms with Gasteiger partial charge in [-0.05, 0) is 12.3 Å². The molecule has 0 N–H and O–H groups in total. The lowest BCUT2D eigenvalue weighted by molar-refractivity contribution is 0.114. The highest BCUT2D eigenvalue weighted by Crippen LogP contribution is 2.21. The van der Waals surface area contributed by atoms with Crippen LogP contribution < -0.4 is 0 Å². The summed E-state index contributed by atoms with van der Waals surface area (Å²) in [5, 5.41) is 0. The molecule has 1 heteroatoms. The van der Waals surface area contributed by atoms with Crippen LogP contribution in [0.3, 0.4) is 0 Å². The minimum absolute atomic E-state index is 0.787. The zero-order chi connectivity index (χ0) is 6.69. The van der Waals surface area contributed by atoms with E-state index in [1.54, 1.807) is 0 Å². The standard InChI is InChI=1S/C8H14O/c1-3-8-5-4-7(2)9-6-8/h8H,2-6H2,1H3/t8-/m1/s1. The minimum atomic E-state index is 0.787. The summed E-state index contributed by atoms with van der Waals surface area (Å²) in [5.74, 6) is 1.76. The molecule has 0 aromatic carbocycles. The van der Waals surface area contributed by atoms with E-state index in [1.165, 1.54) is 12.8 Å². The van der Waals surface area contributed by atoms with E-state index in [0.29, 0.717) is 0 Å². The molecule has 0 saturated carbocycles. The third-order valence-electron chi connectivity index (χ3n) is 1.93. The quantitative estimate of drug-likeness (QED) is 0.524. The summed E-state index contributed by atoms with van der Waals surface area (Å²) in [6.07, 6.45) is 3.58. The van der Waals surface area contributed by atoms with Gasteiger partial charge in [0.2, 0.25) is 0 Å². The molecule has 0 spiro atoms. The van der Waals surface area contributed by atoms with Crippen molar-refractivity contribution < 1.29 is 4.74 Å². The molecule has 0 bridgehead atoms. The van der Waals surface area contributed by atoms with Crippen molar-refractivity contribution in [3.05, 3.63) is 12.3 Å². The molecule has 0 amide bonds. The molecular weight excluding hydrogens is 112 g/mol. The van der Waals surface area contributed by atoms with E-state index in [1.807, 2.05) is 0 Å². The molecule has 1 heterocycles. The van der Waals surface area contributed by atoms with Gasteiger partial charge in [0.25, 0.3) is 0 Å². The van der Waals surface area contributed by atoms with Crippen LogP contribution in [0.2, 0.25) is 0 Å². The van der Waals surface area contributed by atoms with Crippen molar-refractivity contribution in [1.29, 1.82) is 0 Å². The normalized spacial score (nSPS) is 27.7. The number of allylic oxidation sites excluding steroid dienone is 1. The van der Waals surface area contributed by atoms with Crippen molar-refractivity contribution in [2.24, 2.45) is 5.92 Å². The van der Waals surface area contributed by atoms with Gasteiger partial charge in [-0.1, -0.05) is 19.9 Å². The van der Waals surface area contributed by atoms with Crippen LogP contribution in [0.15, 0.2) is 12.3 Å². The van der Waals surface area contributed by atoms with Crippen molar-refractivity contribution in [2.75, 3.05) is 6.61 Å². The monoisotopic (exact) mass is 126 g/mol. The second-order valence-corrected chi connectivity index (χ2v) is 2.66. The van der Waals surface area contributed by atoms with Gasteiger partial charge >= 0.3 is 0 Å². The Hall–Kier alpha value is -0.460. The van der Waals surface area contributed by atoms with Gasteiger partial charge in [-0.15, -0.1) is 0 Å². The van der Waals surface area contributed by atoms with Gasteiger partial charge in [0.15, 0.2) is 0 Å². The summed E-state index contributed by atoms with van der Waals surface area (Å²) in [4.78, 5) is 0. The molecular formula is C8H14O. The van der Waals surface area contributed by atoms with Gasteiger partial charge in [-0.3, -0.25) is 0 Å². The van der Waals surface area contributed by atoms with Gasteiger partial charge in [0, 0.05) is 6.42 Å². The first-order valence-electron chi connectivity index (χ1n) is 3.63. The highest BCUT2D eigenvalue weighted by atomic mass is 16.5. The van der Waals surface area contributed by atoms with E-state index < -0.39 is 0 Å². The van der Waals surface area contributed by atoms with Crippen molar-refractivity contribution in [3.63, 3.8) is 0 Å². The van der Waals surface area contributed by atoms with Gasteiger partial charge in [0.1, 0.15) is 0 Å². The molecule has 9 heavy (non-hydrogen) atoms. The first-order valence-corrected chi connectivity index (χ1v) is 3.63. The molecule has 1 aliphatic heterocycles. The van der Waals surface area contributed by atoms with Gasteiger partial charge in [-0.2, -0.15) is 0 Å². The van der Waals surface area contributed by atoms with Crippen LogP contribution in [0.1, 0.15) is 26.2 Å². The fourth-order valence-corrected chi connectivity index (χ4v) is 1.08. The van der Waals surface area contributed by atoms with E-state index in [0.717, 1.165) is 24.7 Å². The lowest BCUT2D eigenvalue weighted by Crippen LogP contribution is -2.14. The summed E-state index contributed by atoms with van der Waals surface area (Å²) < 4.78 is 5.29. The minimum Gasteiger partial charge on any atom is -0.498 e. The molecule has 0 aromatic heterocycles. The molecule has 1 nitrogen and oxygen atoms in total. The average Bonchev–Trinajstić information content (AvgIpc) is 1.90. The Morgan fingerprint density at radius 2 is 2.56 bits per heavy atom. The molecule has 1 rings (SSSR count). The average molecular weight is 126 g/mol. The van der Waals surface area contributed by atoms with Crippen LogP contribution in [-0.2, 0) is 4.74 Å². The molecule has 0 unspecified atom stereocenters. The topological polar surface area (TPSA) is 9.23 Å². The molecule has 1 fully saturated rings. The lowest BCUT2D eigenvalue weighted by Gasteiger charge is -2.22.